The van der Waals surface area contributed by atoms with E-state index in [1.807, 2.05) is 0 Å². The topological polar surface area (TPSA) is 284 Å². The van der Waals surface area contributed by atoms with E-state index in [0.717, 1.165) is 16.2 Å². The number of nitrogen functional groups attached to an aromatic ring is 1. The quantitative estimate of drug-likeness (QED) is 0.0995. The molecule has 2 aliphatic heterocycles. The summed E-state index contributed by atoms with van der Waals surface area (Å²) in [5.41, 5.74) is 5.49. The molecule has 0 unspecified atom stereocenters. The molecule has 2 atom stereocenters. The summed E-state index contributed by atoms with van der Waals surface area (Å²) >= 11 is 2.37. The zero-order valence-electron chi connectivity index (χ0n) is 15.1. The molecule has 2 amide bonds. The fourth-order valence-corrected chi connectivity index (χ4v) is 4.51. The fraction of sp³-hybridized carbons (Fsp3) is 0.214. The molecule has 0 aromatic carbocycles. The van der Waals surface area contributed by atoms with Crippen molar-refractivity contribution >= 4 is 103 Å². The van der Waals surface area contributed by atoms with Gasteiger partial charge in [0.2, 0.25) is 0 Å². The number of hydrogen-bond acceptors (Lipinski definition) is 9. The molecule has 31 heavy (non-hydrogen) atoms. The van der Waals surface area contributed by atoms with Crippen LogP contribution in [0.4, 0.5) is 5.13 Å². The molecule has 14 nitrogen and oxygen atoms in total. The van der Waals surface area contributed by atoms with Crippen LogP contribution >= 0.6 is 23.1 Å². The predicted molar refractivity (Wildman–Crippen MR) is 116 cm³/mol. The van der Waals surface area contributed by atoms with E-state index in [0.29, 0.717) is 11.3 Å². The van der Waals surface area contributed by atoms with E-state index in [1.54, 1.807) is 0 Å². The number of aliphatic carboxylic acids is 1. The van der Waals surface area contributed by atoms with Gasteiger partial charge in [-0.25, -0.2) is 9.78 Å². The van der Waals surface area contributed by atoms with Crippen LogP contribution < -0.4 is 11.1 Å². The Labute approximate surface area is 225 Å². The molecule has 1 aromatic rings. The van der Waals surface area contributed by atoms with Gasteiger partial charge in [0.15, 0.2) is 10.8 Å². The van der Waals surface area contributed by atoms with Gasteiger partial charge < -0.3 is 43.3 Å². The zero-order chi connectivity index (χ0) is 19.0. The molecule has 1 saturated heterocycles. The minimum absolute atomic E-state index is 0. The number of fused-ring (bicyclic) bond motifs is 1. The Bertz CT molecular complexity index is 891. The summed E-state index contributed by atoms with van der Waals surface area (Å²) in [4.78, 5) is 41.2. The van der Waals surface area contributed by atoms with E-state index in [2.05, 4.69) is 22.0 Å². The second-order valence-corrected chi connectivity index (χ2v) is 7.26. The number of anilines is 1. The molecule has 3 rings (SSSR count). The first-order valence-corrected chi connectivity index (χ1v) is 9.09. The third kappa shape index (κ3) is 6.32. The summed E-state index contributed by atoms with van der Waals surface area (Å²) in [7, 11) is 0. The summed E-state index contributed by atoms with van der Waals surface area (Å²) in [6.45, 7) is 3.56. The monoisotopic (exact) mass is 507 g/mol. The average Bonchev–Trinajstić information content (AvgIpc) is 3.04. The van der Waals surface area contributed by atoms with Crippen molar-refractivity contribution in [2.24, 2.45) is 5.16 Å². The van der Waals surface area contributed by atoms with Crippen molar-refractivity contribution in [3.8, 4) is 0 Å². The van der Waals surface area contributed by atoms with E-state index in [4.69, 9.17) is 10.9 Å². The molecule has 0 bridgehead atoms. The Hall–Kier alpha value is -1.38. The van der Waals surface area contributed by atoms with Crippen molar-refractivity contribution in [3.63, 3.8) is 0 Å². The number of nitrogens with two attached hydrogens (primary N) is 1. The van der Waals surface area contributed by atoms with Gasteiger partial charge in [-0.3, -0.25) is 14.5 Å². The molecular formula is C14H22KN5O9S2. The van der Waals surface area contributed by atoms with Crippen molar-refractivity contribution < 1.29 is 46.6 Å². The first-order chi connectivity index (χ1) is 12.4. The Morgan fingerprint density at radius 1 is 1.35 bits per heavy atom. The number of nitrogens with zero attached hydrogens (tertiary/aromatic N) is 3. The van der Waals surface area contributed by atoms with Crippen molar-refractivity contribution in [2.75, 3.05) is 11.5 Å². The average molecular weight is 508 g/mol. The maximum atomic E-state index is 12.4. The Morgan fingerprint density at radius 2 is 1.97 bits per heavy atom. The van der Waals surface area contributed by atoms with Gasteiger partial charge in [0.25, 0.3) is 11.8 Å². The molecule has 0 aliphatic carbocycles. The van der Waals surface area contributed by atoms with Crippen LogP contribution in [0.1, 0.15) is 5.69 Å². The van der Waals surface area contributed by atoms with Crippen LogP contribution in [0, 0.1) is 0 Å². The third-order valence-electron chi connectivity index (χ3n) is 3.81. The number of β-lactam (4-membered cyclic amide) rings is 1. The minimum atomic E-state index is -1.24. The van der Waals surface area contributed by atoms with Crippen molar-refractivity contribution in [3.05, 3.63) is 35.0 Å². The van der Waals surface area contributed by atoms with Crippen LogP contribution in [0.3, 0.4) is 0 Å². The number of oxime groups is 1. The van der Waals surface area contributed by atoms with Crippen molar-refractivity contribution in [1.29, 1.82) is 0 Å². The van der Waals surface area contributed by atoms with E-state index in [-0.39, 0.29) is 95.5 Å². The Kier molecular flexibility index (Phi) is 15.4. The van der Waals surface area contributed by atoms with Gasteiger partial charge in [0, 0.05) is 11.1 Å². The van der Waals surface area contributed by atoms with Crippen LogP contribution in [-0.2, 0) is 14.4 Å². The molecule has 1 aromatic heterocycles. The van der Waals surface area contributed by atoms with E-state index >= 15 is 0 Å². The Morgan fingerprint density at radius 3 is 2.42 bits per heavy atom. The molecular weight excluding hydrogens is 485 g/mol. The van der Waals surface area contributed by atoms with Crippen molar-refractivity contribution in [2.45, 2.75) is 11.4 Å². The fourth-order valence-electron chi connectivity index (χ4n) is 2.62. The van der Waals surface area contributed by atoms with Crippen LogP contribution in [0.15, 0.2) is 34.5 Å². The van der Waals surface area contributed by atoms with Gasteiger partial charge in [-0.15, -0.1) is 23.1 Å². The standard InChI is InChI=1S/C14H13N5O5S2.K.4H2O.H/c1-2-5-3-25-12-8(11(21)19(12)9(5)13(22)23)17-10(20)7(18-24)6-4-26-14(15)16-6;;;;;;/h2,4,8,12,24H,1,3H2,(H2,15,16)(H,17,20)(H,22,23);;4*1H2;/b18-7-;;;;;;/t8-,12-;;;;;;/m1....../s1. The van der Waals surface area contributed by atoms with E-state index < -0.39 is 29.2 Å². The van der Waals surface area contributed by atoms with Gasteiger partial charge in [0.05, 0.1) is 0 Å². The number of nitrogens with one attached hydrogen (secondary N) is 1. The summed E-state index contributed by atoms with van der Waals surface area (Å²) in [5.74, 6) is -2.27. The normalized spacial score (nSPS) is 18.9. The maximum absolute atomic E-state index is 12.4. The predicted octanol–water partition coefficient (Wildman–Crippen LogP) is -4.12. The van der Waals surface area contributed by atoms with Gasteiger partial charge in [-0.1, -0.05) is 17.8 Å². The van der Waals surface area contributed by atoms with Gasteiger partial charge in [-0.2, -0.15) is 0 Å². The summed E-state index contributed by atoms with van der Waals surface area (Å²) in [5, 5.41) is 24.9. The van der Waals surface area contributed by atoms with Crippen LogP contribution in [-0.4, -0.2) is 134 Å². The number of carboxylic acids is 1. The number of allylic oxidation sites excluding steroid dienone is 1. The molecule has 0 spiro atoms. The SMILES string of the molecule is C=CC1=C(C(=O)O)N2C(=O)[C@@H](NC(=O)/C(=N\O)c3csc(N)n3)[C@H]2SC1.O.O.O.O.[KH]. The molecule has 170 valence electrons. The molecule has 2 aliphatic rings. The van der Waals surface area contributed by atoms with Gasteiger partial charge >= 0.3 is 57.4 Å². The number of thioether (sulfide) groups is 1. The number of carbonyl (C=O) groups is 3. The van der Waals surface area contributed by atoms with Gasteiger partial charge in [0.1, 0.15) is 22.8 Å². The van der Waals surface area contributed by atoms with E-state index in [1.165, 1.54) is 23.2 Å². The zero-order valence-corrected chi connectivity index (χ0v) is 16.7. The number of hydrogen-bond donors (Lipinski definition) is 4. The molecule has 13 N–H and O–H groups in total. The Balaban J connectivity index is -0.00000157. The molecule has 17 heteroatoms. The third-order valence-corrected chi connectivity index (χ3v) is 5.79. The summed E-state index contributed by atoms with van der Waals surface area (Å²) in [6.07, 6.45) is 1.40. The van der Waals surface area contributed by atoms with Crippen molar-refractivity contribution in [1.82, 2.24) is 15.2 Å². The number of aromatic nitrogens is 1. The number of carboxylic acid groups (broad SMARTS) is 1. The summed E-state index contributed by atoms with van der Waals surface area (Å²) in [6, 6.07) is -0.944. The molecule has 0 saturated carbocycles. The number of carbonyl (C=O) groups excluding carboxylic acids is 2. The second-order valence-electron chi connectivity index (χ2n) is 5.26. The molecule has 0 radical (unpaired) electrons. The van der Waals surface area contributed by atoms with Crippen LogP contribution in [0.5, 0.6) is 0 Å². The van der Waals surface area contributed by atoms with Crippen LogP contribution in [0.2, 0.25) is 0 Å². The van der Waals surface area contributed by atoms with E-state index in [9.17, 15) is 19.5 Å². The summed E-state index contributed by atoms with van der Waals surface area (Å²) < 4.78 is 0. The number of thiazole rings is 1. The number of rotatable bonds is 5. The second kappa shape index (κ2) is 13.9. The number of amides is 2. The first-order valence-electron chi connectivity index (χ1n) is 7.16. The first kappa shape index (κ1) is 34.2. The molecule has 1 fully saturated rings. The molecule has 3 heterocycles. The van der Waals surface area contributed by atoms with Crippen LogP contribution in [0.25, 0.3) is 0 Å². The van der Waals surface area contributed by atoms with Gasteiger partial charge in [-0.05, 0) is 5.57 Å².